The van der Waals surface area contributed by atoms with Crippen molar-refractivity contribution in [3.05, 3.63) is 82.9 Å². The zero-order valence-electron chi connectivity index (χ0n) is 27.2. The summed E-state index contributed by atoms with van der Waals surface area (Å²) in [4.78, 5) is 29.8. The number of sulfonamides is 1. The quantitative estimate of drug-likeness (QED) is 0.277. The van der Waals surface area contributed by atoms with Gasteiger partial charge in [-0.25, -0.2) is 23.1 Å². The van der Waals surface area contributed by atoms with E-state index in [9.17, 15) is 13.2 Å². The minimum absolute atomic E-state index is 0.0671. The van der Waals surface area contributed by atoms with Gasteiger partial charge in [0.2, 0.25) is 11.8 Å². The van der Waals surface area contributed by atoms with Crippen LogP contribution in [0.4, 0.5) is 5.95 Å². The van der Waals surface area contributed by atoms with Crippen molar-refractivity contribution in [2.75, 3.05) is 11.3 Å². The van der Waals surface area contributed by atoms with E-state index >= 15 is 0 Å². The van der Waals surface area contributed by atoms with Crippen molar-refractivity contribution in [1.29, 1.82) is 0 Å². The molecular formula is C34H42N6O4S. The third-order valence-electron chi connectivity index (χ3n) is 8.05. The number of aromatic nitrogens is 4. The molecule has 0 unspecified atom stereocenters. The zero-order valence-corrected chi connectivity index (χ0v) is 28.1. The summed E-state index contributed by atoms with van der Waals surface area (Å²) in [6, 6.07) is 13.3. The fourth-order valence-electron chi connectivity index (χ4n) is 5.85. The fraction of sp³-hybridized carbons (Fsp3) is 0.412. The minimum Gasteiger partial charge on any atom is -0.475 e. The van der Waals surface area contributed by atoms with Gasteiger partial charge in [-0.05, 0) is 60.9 Å². The fourth-order valence-corrected chi connectivity index (χ4v) is 6.83. The molecule has 3 heterocycles. The van der Waals surface area contributed by atoms with Crippen LogP contribution in [0.2, 0.25) is 0 Å². The number of nitrogens with one attached hydrogen (secondary N) is 1. The van der Waals surface area contributed by atoms with E-state index in [1.807, 2.05) is 49.9 Å². The number of rotatable bonds is 5. The lowest BCUT2D eigenvalue weighted by Crippen LogP contribution is -2.45. The number of anilines is 1. The summed E-state index contributed by atoms with van der Waals surface area (Å²) in [6.07, 6.45) is 2.45. The summed E-state index contributed by atoms with van der Waals surface area (Å²) in [7, 11) is -2.20. The standard InChI is InChI=1S/C34H42N6O4S/c1-21(2)28-18-35-29(39(28)8)19-40-25(17-34(5,6)7)20-44-30-16-27(31-22(3)11-9-12-23(31)4)36-33(37-30)38-45(42,43)26-14-10-13-24(15-26)32(40)41/h9-16,18,21,25H,17,19-20H2,1-8H3,(H,36,37,38)/t25-/m1/s1. The van der Waals surface area contributed by atoms with E-state index in [0.29, 0.717) is 12.1 Å². The SMILES string of the molecule is Cc1cccc(C)c1-c1cc2nc(n1)NS(=O)(=O)c1cccc(c1)C(=O)N(Cc1ncc(C(C)C)n1C)[C@H](CC(C)(C)C)CO2. The van der Waals surface area contributed by atoms with Crippen molar-refractivity contribution in [3.63, 3.8) is 0 Å². The third kappa shape index (κ3) is 7.03. The summed E-state index contributed by atoms with van der Waals surface area (Å²) in [6.45, 7) is 14.9. The molecule has 2 aromatic heterocycles. The highest BCUT2D eigenvalue weighted by molar-refractivity contribution is 7.92. The van der Waals surface area contributed by atoms with Crippen LogP contribution in [0, 0.1) is 19.3 Å². The molecule has 238 valence electrons. The molecule has 1 N–H and O–H groups in total. The molecule has 0 saturated carbocycles. The Balaban J connectivity index is 1.68. The lowest BCUT2D eigenvalue weighted by molar-refractivity contribution is 0.0502. The molecule has 0 spiro atoms. The van der Waals surface area contributed by atoms with Gasteiger partial charge in [-0.15, -0.1) is 0 Å². The van der Waals surface area contributed by atoms with Crippen LogP contribution >= 0.6 is 0 Å². The molecule has 0 aliphatic carbocycles. The van der Waals surface area contributed by atoms with Gasteiger partial charge in [-0.3, -0.25) is 4.79 Å². The van der Waals surface area contributed by atoms with Crippen molar-refractivity contribution in [3.8, 4) is 17.1 Å². The van der Waals surface area contributed by atoms with Crippen LogP contribution in [0.15, 0.2) is 59.6 Å². The molecule has 45 heavy (non-hydrogen) atoms. The molecule has 5 rings (SSSR count). The molecule has 4 bridgehead atoms. The Hall–Kier alpha value is -4.25. The zero-order chi connectivity index (χ0) is 32.7. The van der Waals surface area contributed by atoms with E-state index in [1.165, 1.54) is 12.1 Å². The molecule has 0 fully saturated rings. The molecule has 11 heteroatoms. The Kier molecular flexibility index (Phi) is 8.77. The van der Waals surface area contributed by atoms with Crippen molar-refractivity contribution in [2.24, 2.45) is 12.5 Å². The predicted molar refractivity (Wildman–Crippen MR) is 175 cm³/mol. The van der Waals surface area contributed by atoms with E-state index in [1.54, 1.807) is 23.1 Å². The van der Waals surface area contributed by atoms with Gasteiger partial charge < -0.3 is 14.2 Å². The van der Waals surface area contributed by atoms with Crippen LogP contribution in [0.5, 0.6) is 5.88 Å². The molecule has 1 aliphatic heterocycles. The number of carbonyl (C=O) groups is 1. The monoisotopic (exact) mass is 630 g/mol. The highest BCUT2D eigenvalue weighted by Crippen LogP contribution is 2.32. The Morgan fingerprint density at radius 1 is 1.04 bits per heavy atom. The number of imidazole rings is 1. The maximum Gasteiger partial charge on any atom is 0.264 e. The maximum atomic E-state index is 14.4. The van der Waals surface area contributed by atoms with Crippen molar-refractivity contribution in [1.82, 2.24) is 24.4 Å². The van der Waals surface area contributed by atoms with Crippen molar-refractivity contribution < 1.29 is 17.9 Å². The van der Waals surface area contributed by atoms with Crippen LogP contribution in [0.3, 0.4) is 0 Å². The minimum atomic E-state index is -4.15. The number of hydrogen-bond donors (Lipinski definition) is 1. The highest BCUT2D eigenvalue weighted by Gasteiger charge is 2.32. The summed E-state index contributed by atoms with van der Waals surface area (Å²) in [5.74, 6) is 0.758. The van der Waals surface area contributed by atoms with Crippen LogP contribution in [-0.2, 0) is 23.6 Å². The average molecular weight is 631 g/mol. The first-order valence-electron chi connectivity index (χ1n) is 15.2. The Morgan fingerprint density at radius 2 is 1.73 bits per heavy atom. The van der Waals surface area contributed by atoms with Gasteiger partial charge in [-0.1, -0.05) is 58.9 Å². The van der Waals surface area contributed by atoms with Crippen LogP contribution in [0.1, 0.15) is 80.0 Å². The Morgan fingerprint density at radius 3 is 2.38 bits per heavy atom. The van der Waals surface area contributed by atoms with Gasteiger partial charge in [0.25, 0.3) is 15.9 Å². The van der Waals surface area contributed by atoms with Gasteiger partial charge >= 0.3 is 0 Å². The first kappa shape index (κ1) is 32.2. The Bertz CT molecular complexity index is 1820. The smallest absolute Gasteiger partial charge is 0.264 e. The number of ether oxygens (including phenoxy) is 1. The van der Waals surface area contributed by atoms with E-state index in [0.717, 1.165) is 28.2 Å². The van der Waals surface area contributed by atoms with E-state index < -0.39 is 16.1 Å². The van der Waals surface area contributed by atoms with Crippen molar-refractivity contribution >= 4 is 21.9 Å². The number of fused-ring (bicyclic) bond motifs is 4. The van der Waals surface area contributed by atoms with Gasteiger partial charge in [-0.2, -0.15) is 4.98 Å². The first-order valence-corrected chi connectivity index (χ1v) is 16.6. The molecule has 0 radical (unpaired) electrons. The molecular weight excluding hydrogens is 588 g/mol. The third-order valence-corrected chi connectivity index (χ3v) is 9.38. The summed E-state index contributed by atoms with van der Waals surface area (Å²) < 4.78 is 38.2. The van der Waals surface area contributed by atoms with Crippen LogP contribution < -0.4 is 9.46 Å². The van der Waals surface area contributed by atoms with Crippen molar-refractivity contribution in [2.45, 2.75) is 78.3 Å². The van der Waals surface area contributed by atoms with Gasteiger partial charge in [0.15, 0.2) is 0 Å². The number of nitrogens with zero attached hydrogens (tertiary/aromatic N) is 5. The molecule has 4 aromatic rings. The summed E-state index contributed by atoms with van der Waals surface area (Å²) in [5, 5.41) is 0. The second-order valence-electron chi connectivity index (χ2n) is 13.3. The molecule has 1 atom stereocenters. The number of carbonyl (C=O) groups excluding carboxylic acids is 1. The van der Waals surface area contributed by atoms with E-state index in [2.05, 4.69) is 54.3 Å². The lowest BCUT2D eigenvalue weighted by Gasteiger charge is -2.35. The molecule has 2 aromatic carbocycles. The topological polar surface area (TPSA) is 119 Å². The first-order chi connectivity index (χ1) is 21.1. The normalized spacial score (nSPS) is 16.8. The number of amides is 1. The Labute approximate surface area is 265 Å². The average Bonchev–Trinajstić information content (AvgIpc) is 3.32. The number of aryl methyl sites for hydroxylation is 2. The number of hydrogen-bond acceptors (Lipinski definition) is 7. The second kappa shape index (κ2) is 12.3. The molecule has 1 aliphatic rings. The number of benzene rings is 2. The second-order valence-corrected chi connectivity index (χ2v) is 15.0. The summed E-state index contributed by atoms with van der Waals surface area (Å²) >= 11 is 0. The maximum absolute atomic E-state index is 14.4. The van der Waals surface area contributed by atoms with E-state index in [-0.39, 0.29) is 52.7 Å². The summed E-state index contributed by atoms with van der Waals surface area (Å²) in [5.41, 5.74) is 4.51. The molecule has 10 nitrogen and oxygen atoms in total. The molecule has 1 amide bonds. The van der Waals surface area contributed by atoms with Crippen LogP contribution in [-0.4, -0.2) is 51.4 Å². The van der Waals surface area contributed by atoms with E-state index in [4.69, 9.17) is 4.74 Å². The lowest BCUT2D eigenvalue weighted by atomic mass is 9.87. The largest absolute Gasteiger partial charge is 0.475 e. The van der Waals surface area contributed by atoms with Gasteiger partial charge in [0, 0.05) is 36.1 Å². The van der Waals surface area contributed by atoms with Crippen LogP contribution in [0.25, 0.3) is 11.3 Å². The van der Waals surface area contributed by atoms with Gasteiger partial charge in [0.1, 0.15) is 12.4 Å². The molecule has 0 saturated heterocycles. The van der Waals surface area contributed by atoms with Gasteiger partial charge in [0.05, 0.1) is 23.2 Å². The highest BCUT2D eigenvalue weighted by atomic mass is 32.2. The predicted octanol–water partition coefficient (Wildman–Crippen LogP) is 6.26.